The number of aryl methyl sites for hydroxylation is 1. The average molecular weight is 430 g/mol. The summed E-state index contributed by atoms with van der Waals surface area (Å²) in [4.78, 5) is 18.5. The zero-order valence-corrected chi connectivity index (χ0v) is 18.1. The maximum absolute atomic E-state index is 12.4. The van der Waals surface area contributed by atoms with Gasteiger partial charge in [0.05, 0.1) is 5.56 Å². The Morgan fingerprint density at radius 2 is 1.90 bits per heavy atom. The first-order chi connectivity index (χ1) is 13.6. The molecule has 0 aliphatic carbocycles. The fourth-order valence-corrected chi connectivity index (χ4v) is 4.77. The fourth-order valence-electron chi connectivity index (χ4n) is 4.56. The molecule has 1 aromatic heterocycles. The molecule has 5 rings (SSSR count). The van der Waals surface area contributed by atoms with Crippen molar-refractivity contribution < 1.29 is 4.79 Å². The third-order valence-electron chi connectivity index (χ3n) is 6.03. The van der Waals surface area contributed by atoms with Gasteiger partial charge in [-0.25, -0.2) is 0 Å². The van der Waals surface area contributed by atoms with Crippen LogP contribution < -0.4 is 5.32 Å². The molecule has 152 valence electrons. The molecule has 0 radical (unpaired) electrons. The number of aromatic nitrogens is 1. The van der Waals surface area contributed by atoms with Gasteiger partial charge in [-0.3, -0.25) is 9.69 Å². The van der Waals surface area contributed by atoms with Crippen LogP contribution in [0, 0.1) is 6.92 Å². The van der Waals surface area contributed by atoms with Crippen LogP contribution >= 0.6 is 24.0 Å². The second-order valence-electron chi connectivity index (χ2n) is 8.03. The van der Waals surface area contributed by atoms with Gasteiger partial charge in [-0.2, -0.15) is 0 Å². The van der Waals surface area contributed by atoms with Crippen molar-refractivity contribution >= 4 is 40.8 Å². The molecule has 0 unspecified atom stereocenters. The lowest BCUT2D eigenvalue weighted by molar-refractivity contribution is 0.0966. The van der Waals surface area contributed by atoms with Gasteiger partial charge in [0.15, 0.2) is 0 Å². The van der Waals surface area contributed by atoms with Crippen molar-refractivity contribution in [1.82, 2.24) is 15.2 Å². The average Bonchev–Trinajstić information content (AvgIpc) is 3.29. The number of piperidine rings is 1. The van der Waals surface area contributed by atoms with E-state index in [1.165, 1.54) is 43.3 Å². The number of likely N-dealkylation sites (tertiary alicyclic amines) is 1. The number of aromatic amines is 1. The minimum Gasteiger partial charge on any atom is -0.355 e. The Kier molecular flexibility index (Phi) is 5.60. The minimum absolute atomic E-state index is 0. The van der Waals surface area contributed by atoms with Crippen LogP contribution in [0.25, 0.3) is 22.2 Å². The number of benzene rings is 2. The zero-order chi connectivity index (χ0) is 19.3. The molecule has 6 heteroatoms. The normalized spacial score (nSPS) is 16.6. The summed E-state index contributed by atoms with van der Waals surface area (Å²) < 4.78 is 0. The van der Waals surface area contributed by atoms with Crippen LogP contribution in [0.3, 0.4) is 0 Å². The largest absolute Gasteiger partial charge is 0.355 e. The van der Waals surface area contributed by atoms with Gasteiger partial charge >= 0.3 is 0 Å². The Morgan fingerprint density at radius 3 is 2.69 bits per heavy atom. The Balaban J connectivity index is 0.00000205. The molecular weight excluding hydrogens is 405 g/mol. The highest BCUT2D eigenvalue weighted by molar-refractivity contribution is 6.33. The van der Waals surface area contributed by atoms with Crippen molar-refractivity contribution in [2.45, 2.75) is 39.3 Å². The molecule has 1 amide bonds. The molecule has 0 atom stereocenters. The van der Waals surface area contributed by atoms with Crippen LogP contribution in [-0.2, 0) is 13.1 Å². The van der Waals surface area contributed by atoms with Crippen molar-refractivity contribution in [3.8, 4) is 11.3 Å². The lowest BCUT2D eigenvalue weighted by atomic mass is 9.97. The van der Waals surface area contributed by atoms with E-state index in [1.54, 1.807) is 0 Å². The number of halogens is 2. The topological polar surface area (TPSA) is 48.1 Å². The molecular formula is C23H25Cl2N3O. The van der Waals surface area contributed by atoms with E-state index in [0.29, 0.717) is 17.1 Å². The molecule has 3 heterocycles. The second-order valence-corrected chi connectivity index (χ2v) is 8.41. The SMILES string of the molecule is Cc1cc(-c2cc3cc(CN4CCCCC4)ccc3[nH]2)c2c(c1Cl)CNC2=O.Cl. The lowest BCUT2D eigenvalue weighted by Gasteiger charge is -2.26. The zero-order valence-electron chi connectivity index (χ0n) is 16.5. The van der Waals surface area contributed by atoms with E-state index in [9.17, 15) is 4.79 Å². The first-order valence-corrected chi connectivity index (χ1v) is 10.4. The lowest BCUT2D eigenvalue weighted by Crippen LogP contribution is -2.28. The van der Waals surface area contributed by atoms with Crippen molar-refractivity contribution in [2.24, 2.45) is 0 Å². The van der Waals surface area contributed by atoms with Gasteiger partial charge in [0, 0.05) is 45.8 Å². The van der Waals surface area contributed by atoms with Crippen LogP contribution in [0.1, 0.15) is 46.3 Å². The summed E-state index contributed by atoms with van der Waals surface area (Å²) in [6, 6.07) is 10.8. The van der Waals surface area contributed by atoms with E-state index in [0.717, 1.165) is 34.4 Å². The minimum atomic E-state index is -0.0451. The van der Waals surface area contributed by atoms with Crippen LogP contribution in [0.5, 0.6) is 0 Å². The predicted molar refractivity (Wildman–Crippen MR) is 121 cm³/mol. The highest BCUT2D eigenvalue weighted by atomic mass is 35.5. The van der Waals surface area contributed by atoms with Crippen LogP contribution in [0.2, 0.25) is 5.02 Å². The second kappa shape index (κ2) is 8.02. The molecule has 2 aliphatic rings. The predicted octanol–water partition coefficient (Wildman–Crippen LogP) is 5.45. The summed E-state index contributed by atoms with van der Waals surface area (Å²) in [5.74, 6) is -0.0451. The molecule has 0 bridgehead atoms. The van der Waals surface area contributed by atoms with Gasteiger partial charge < -0.3 is 10.3 Å². The van der Waals surface area contributed by atoms with Gasteiger partial charge in [-0.05, 0) is 68.2 Å². The maximum Gasteiger partial charge on any atom is 0.252 e. The number of fused-ring (bicyclic) bond motifs is 2. The number of rotatable bonds is 3. The van der Waals surface area contributed by atoms with E-state index < -0.39 is 0 Å². The Labute approximate surface area is 182 Å². The monoisotopic (exact) mass is 429 g/mol. The van der Waals surface area contributed by atoms with Crippen molar-refractivity contribution in [1.29, 1.82) is 0 Å². The first-order valence-electron chi connectivity index (χ1n) is 10.0. The summed E-state index contributed by atoms with van der Waals surface area (Å²) in [5, 5.41) is 4.78. The highest BCUT2D eigenvalue weighted by Gasteiger charge is 2.27. The Bertz CT molecular complexity index is 1080. The third kappa shape index (κ3) is 3.65. The number of H-pyrrole nitrogens is 1. The maximum atomic E-state index is 12.4. The van der Waals surface area contributed by atoms with Crippen LogP contribution in [-0.4, -0.2) is 28.9 Å². The molecule has 2 N–H and O–H groups in total. The number of nitrogens with one attached hydrogen (secondary N) is 2. The van der Waals surface area contributed by atoms with E-state index in [1.807, 2.05) is 13.0 Å². The highest BCUT2D eigenvalue weighted by Crippen LogP contribution is 2.37. The number of nitrogens with zero attached hydrogens (tertiary/aromatic N) is 1. The third-order valence-corrected chi connectivity index (χ3v) is 6.55. The first kappa shape index (κ1) is 20.3. The van der Waals surface area contributed by atoms with Crippen molar-refractivity contribution in [2.75, 3.05) is 13.1 Å². The van der Waals surface area contributed by atoms with E-state index in [4.69, 9.17) is 11.6 Å². The standard InChI is InChI=1S/C23H24ClN3O.ClH/c1-14-9-17(21-18(22(14)24)12-25-23(21)28)20-11-16-10-15(5-6-19(16)26-20)13-27-7-3-2-4-8-27;/h5-6,9-11,26H,2-4,7-8,12-13H2,1H3,(H,25,28);1H. The van der Waals surface area contributed by atoms with E-state index >= 15 is 0 Å². The molecule has 3 aromatic rings. The summed E-state index contributed by atoms with van der Waals surface area (Å²) >= 11 is 6.45. The summed E-state index contributed by atoms with van der Waals surface area (Å²) in [7, 11) is 0. The van der Waals surface area contributed by atoms with Gasteiger partial charge in [0.1, 0.15) is 0 Å². The fraction of sp³-hybridized carbons (Fsp3) is 0.348. The summed E-state index contributed by atoms with van der Waals surface area (Å²) in [6.45, 7) is 5.90. The quantitative estimate of drug-likeness (QED) is 0.581. The Morgan fingerprint density at radius 1 is 1.10 bits per heavy atom. The van der Waals surface area contributed by atoms with Crippen LogP contribution in [0.4, 0.5) is 0 Å². The van der Waals surface area contributed by atoms with Gasteiger partial charge in [0.25, 0.3) is 5.91 Å². The summed E-state index contributed by atoms with van der Waals surface area (Å²) in [6.07, 6.45) is 3.97. The number of carbonyl (C=O) groups is 1. The number of amides is 1. The summed E-state index contributed by atoms with van der Waals surface area (Å²) in [5.41, 5.74) is 6.95. The molecule has 4 nitrogen and oxygen atoms in total. The molecule has 1 fully saturated rings. The van der Waals surface area contributed by atoms with Gasteiger partial charge in [-0.15, -0.1) is 12.4 Å². The molecule has 2 aliphatic heterocycles. The molecule has 29 heavy (non-hydrogen) atoms. The van der Waals surface area contributed by atoms with Gasteiger partial charge in [0.2, 0.25) is 0 Å². The number of hydrogen-bond donors (Lipinski definition) is 2. The van der Waals surface area contributed by atoms with E-state index in [2.05, 4.69) is 39.5 Å². The van der Waals surface area contributed by atoms with Crippen molar-refractivity contribution in [3.05, 3.63) is 57.6 Å². The smallest absolute Gasteiger partial charge is 0.252 e. The Hall–Kier alpha value is -2.01. The number of hydrogen-bond acceptors (Lipinski definition) is 2. The van der Waals surface area contributed by atoms with Crippen LogP contribution in [0.15, 0.2) is 30.3 Å². The molecule has 1 saturated heterocycles. The van der Waals surface area contributed by atoms with Gasteiger partial charge in [-0.1, -0.05) is 24.1 Å². The molecule has 0 spiro atoms. The number of carbonyl (C=O) groups excluding carboxylic acids is 1. The van der Waals surface area contributed by atoms with Crippen molar-refractivity contribution in [3.63, 3.8) is 0 Å². The molecule has 2 aromatic carbocycles. The van der Waals surface area contributed by atoms with E-state index in [-0.39, 0.29) is 18.3 Å². The molecule has 0 saturated carbocycles.